The highest BCUT2D eigenvalue weighted by Gasteiger charge is 2.18. The number of aromatic nitrogens is 1. The summed E-state index contributed by atoms with van der Waals surface area (Å²) < 4.78 is 5.61. The normalized spacial score (nSPS) is 15.5. The van der Waals surface area contributed by atoms with Gasteiger partial charge in [0.15, 0.2) is 11.7 Å². The molecule has 4 nitrogen and oxygen atoms in total. The molecular weight excluding hydrogens is 296 g/mol. The van der Waals surface area contributed by atoms with Gasteiger partial charge in [-0.05, 0) is 61.8 Å². The summed E-state index contributed by atoms with van der Waals surface area (Å²) in [6.45, 7) is 0.0308. The van der Waals surface area contributed by atoms with Crippen LogP contribution in [0, 0.1) is 0 Å². The van der Waals surface area contributed by atoms with Crippen molar-refractivity contribution < 1.29 is 9.53 Å². The Hall–Kier alpha value is -1.88. The average Bonchev–Trinajstić information content (AvgIpc) is 3.19. The highest BCUT2D eigenvalue weighted by Crippen LogP contribution is 2.30. The van der Waals surface area contributed by atoms with Crippen molar-refractivity contribution in [1.29, 1.82) is 0 Å². The topological polar surface area (TPSA) is 51.2 Å². The summed E-state index contributed by atoms with van der Waals surface area (Å²) >= 11 is 1.59. The van der Waals surface area contributed by atoms with Crippen molar-refractivity contribution in [3.63, 3.8) is 0 Å². The number of amides is 1. The van der Waals surface area contributed by atoms with Gasteiger partial charge < -0.3 is 4.74 Å². The van der Waals surface area contributed by atoms with E-state index in [0.29, 0.717) is 5.13 Å². The number of carbonyl (C=O) groups excluding carboxylic acids is 1. The van der Waals surface area contributed by atoms with Gasteiger partial charge in [0.25, 0.3) is 5.91 Å². The number of hydrogen-bond acceptors (Lipinski definition) is 4. The minimum absolute atomic E-state index is 0.0308. The Morgan fingerprint density at radius 1 is 1.18 bits per heavy atom. The Labute approximate surface area is 133 Å². The quantitative estimate of drug-likeness (QED) is 0.943. The number of fused-ring (bicyclic) bond motifs is 2. The fourth-order valence-corrected chi connectivity index (χ4v) is 4.25. The van der Waals surface area contributed by atoms with Crippen LogP contribution in [0.25, 0.3) is 0 Å². The summed E-state index contributed by atoms with van der Waals surface area (Å²) in [5, 5.41) is 3.54. The van der Waals surface area contributed by atoms with Crippen molar-refractivity contribution in [3.8, 4) is 5.75 Å². The highest BCUT2D eigenvalue weighted by atomic mass is 32.1. The van der Waals surface area contributed by atoms with Crippen molar-refractivity contribution in [3.05, 3.63) is 39.9 Å². The van der Waals surface area contributed by atoms with Gasteiger partial charge >= 0.3 is 0 Å². The fourth-order valence-electron chi connectivity index (χ4n) is 3.19. The second-order valence-corrected chi connectivity index (χ2v) is 6.95. The number of thiazole rings is 1. The predicted molar refractivity (Wildman–Crippen MR) is 86.7 cm³/mol. The van der Waals surface area contributed by atoms with Gasteiger partial charge in [0.2, 0.25) is 0 Å². The van der Waals surface area contributed by atoms with Crippen molar-refractivity contribution in [2.45, 2.75) is 38.5 Å². The number of ether oxygens (including phenoxy) is 1. The summed E-state index contributed by atoms with van der Waals surface area (Å²) in [7, 11) is 0. The monoisotopic (exact) mass is 314 g/mol. The zero-order valence-corrected chi connectivity index (χ0v) is 13.2. The lowest BCUT2D eigenvalue weighted by Gasteiger charge is -2.07. The first-order valence-electron chi connectivity index (χ1n) is 7.81. The molecule has 22 heavy (non-hydrogen) atoms. The molecule has 2 aliphatic carbocycles. The maximum absolute atomic E-state index is 12.0. The first-order valence-corrected chi connectivity index (χ1v) is 8.62. The van der Waals surface area contributed by atoms with E-state index in [4.69, 9.17) is 4.74 Å². The van der Waals surface area contributed by atoms with Gasteiger partial charge in [-0.3, -0.25) is 10.1 Å². The molecule has 0 unspecified atom stereocenters. The molecule has 1 aromatic heterocycles. The van der Waals surface area contributed by atoms with E-state index in [0.717, 1.165) is 37.1 Å². The number of nitrogens with zero attached hydrogens (tertiary/aromatic N) is 1. The zero-order chi connectivity index (χ0) is 14.9. The molecule has 1 N–H and O–H groups in total. The SMILES string of the molecule is O=C(COc1ccc2c(c1)CCC2)Nc1nc2c(s1)CCC2. The largest absolute Gasteiger partial charge is 0.484 e. The molecule has 0 fully saturated rings. The van der Waals surface area contributed by atoms with Gasteiger partial charge in [-0.1, -0.05) is 6.07 Å². The van der Waals surface area contributed by atoms with E-state index in [1.54, 1.807) is 11.3 Å². The van der Waals surface area contributed by atoms with Crippen molar-refractivity contribution in [2.75, 3.05) is 11.9 Å². The van der Waals surface area contributed by atoms with E-state index in [9.17, 15) is 4.79 Å². The van der Waals surface area contributed by atoms with Gasteiger partial charge in [-0.25, -0.2) is 4.98 Å². The summed E-state index contributed by atoms with van der Waals surface area (Å²) in [5.74, 6) is 0.630. The third-order valence-corrected chi connectivity index (χ3v) is 5.35. The van der Waals surface area contributed by atoms with Crippen LogP contribution in [-0.2, 0) is 30.5 Å². The van der Waals surface area contributed by atoms with Crippen LogP contribution in [0.15, 0.2) is 18.2 Å². The predicted octanol–water partition coefficient (Wildman–Crippen LogP) is 3.14. The lowest BCUT2D eigenvalue weighted by molar-refractivity contribution is -0.118. The summed E-state index contributed by atoms with van der Waals surface area (Å²) in [5.41, 5.74) is 3.92. The number of anilines is 1. The molecule has 0 aliphatic heterocycles. The Balaban J connectivity index is 1.34. The standard InChI is InChI=1S/C17H18N2O2S/c20-16(19-17-18-14-5-2-6-15(14)22-17)10-21-13-8-7-11-3-1-4-12(11)9-13/h7-9H,1-6,10H2,(H,18,19,20). The third kappa shape index (κ3) is 2.73. The fraction of sp³-hybridized carbons (Fsp3) is 0.412. The molecule has 114 valence electrons. The Morgan fingerprint density at radius 3 is 2.95 bits per heavy atom. The molecule has 1 heterocycles. The number of hydrogen-bond donors (Lipinski definition) is 1. The van der Waals surface area contributed by atoms with E-state index in [1.165, 1.54) is 28.8 Å². The van der Waals surface area contributed by atoms with E-state index in [1.807, 2.05) is 6.07 Å². The summed E-state index contributed by atoms with van der Waals surface area (Å²) in [6, 6.07) is 6.13. The second kappa shape index (κ2) is 5.72. The molecular formula is C17H18N2O2S. The molecule has 0 radical (unpaired) electrons. The maximum Gasteiger partial charge on any atom is 0.264 e. The Morgan fingerprint density at radius 2 is 2.05 bits per heavy atom. The zero-order valence-electron chi connectivity index (χ0n) is 12.4. The highest BCUT2D eigenvalue weighted by molar-refractivity contribution is 7.15. The van der Waals surface area contributed by atoms with Crippen LogP contribution in [0.3, 0.4) is 0 Å². The number of nitrogens with one attached hydrogen (secondary N) is 1. The molecule has 2 aliphatic rings. The number of benzene rings is 1. The summed E-state index contributed by atoms with van der Waals surface area (Å²) in [4.78, 5) is 17.8. The van der Waals surface area contributed by atoms with Crippen LogP contribution in [0.5, 0.6) is 5.75 Å². The van der Waals surface area contributed by atoms with Crippen molar-refractivity contribution >= 4 is 22.4 Å². The van der Waals surface area contributed by atoms with Crippen LogP contribution in [0.2, 0.25) is 0 Å². The first kappa shape index (κ1) is 13.8. The lowest BCUT2D eigenvalue weighted by Crippen LogP contribution is -2.20. The minimum atomic E-state index is -0.145. The summed E-state index contributed by atoms with van der Waals surface area (Å²) in [6.07, 6.45) is 6.80. The second-order valence-electron chi connectivity index (χ2n) is 5.86. The molecule has 0 bridgehead atoms. The van der Waals surface area contributed by atoms with Crippen molar-refractivity contribution in [2.24, 2.45) is 0 Å². The molecule has 0 saturated heterocycles. The molecule has 2 aromatic rings. The molecule has 1 aromatic carbocycles. The van der Waals surface area contributed by atoms with E-state index in [-0.39, 0.29) is 12.5 Å². The number of rotatable bonds is 4. The van der Waals surface area contributed by atoms with Crippen LogP contribution in [-0.4, -0.2) is 17.5 Å². The molecule has 0 saturated carbocycles. The molecule has 5 heteroatoms. The van der Waals surface area contributed by atoms with Gasteiger partial charge in [0.05, 0.1) is 5.69 Å². The van der Waals surface area contributed by atoms with Crippen molar-refractivity contribution in [1.82, 2.24) is 4.98 Å². The number of carbonyl (C=O) groups is 1. The van der Waals surface area contributed by atoms with Gasteiger partial charge in [0, 0.05) is 4.88 Å². The molecule has 0 atom stereocenters. The molecule has 4 rings (SSSR count). The smallest absolute Gasteiger partial charge is 0.264 e. The maximum atomic E-state index is 12.0. The van der Waals surface area contributed by atoms with E-state index >= 15 is 0 Å². The first-order chi connectivity index (χ1) is 10.8. The molecule has 1 amide bonds. The molecule has 0 spiro atoms. The van der Waals surface area contributed by atoms with Crippen LogP contribution in [0.1, 0.15) is 34.5 Å². The average molecular weight is 314 g/mol. The van der Waals surface area contributed by atoms with Crippen LogP contribution in [0.4, 0.5) is 5.13 Å². The van der Waals surface area contributed by atoms with E-state index < -0.39 is 0 Å². The Kier molecular flexibility index (Phi) is 3.58. The Bertz CT molecular complexity index is 702. The van der Waals surface area contributed by atoms with Gasteiger partial charge in [-0.15, -0.1) is 11.3 Å². The van der Waals surface area contributed by atoms with E-state index in [2.05, 4.69) is 22.4 Å². The van der Waals surface area contributed by atoms with Gasteiger partial charge in [-0.2, -0.15) is 0 Å². The van der Waals surface area contributed by atoms with Crippen LogP contribution >= 0.6 is 11.3 Å². The lowest BCUT2D eigenvalue weighted by atomic mass is 10.1. The van der Waals surface area contributed by atoms with Crippen LogP contribution < -0.4 is 10.1 Å². The minimum Gasteiger partial charge on any atom is -0.484 e. The van der Waals surface area contributed by atoms with Gasteiger partial charge in [0.1, 0.15) is 5.75 Å². The third-order valence-electron chi connectivity index (χ3n) is 4.28. The number of aryl methyl sites for hydroxylation is 4.